The van der Waals surface area contributed by atoms with Gasteiger partial charge >= 0.3 is 5.97 Å². The van der Waals surface area contributed by atoms with Crippen molar-refractivity contribution in [1.82, 2.24) is 9.55 Å². The van der Waals surface area contributed by atoms with Gasteiger partial charge in [0.1, 0.15) is 12.4 Å². The first-order chi connectivity index (χ1) is 9.09. The lowest BCUT2D eigenvalue weighted by Gasteiger charge is -2.09. The molecule has 2 rings (SSSR count). The molecule has 1 heterocycles. The molecule has 0 fully saturated rings. The van der Waals surface area contributed by atoms with E-state index < -0.39 is 12.0 Å². The fourth-order valence-electron chi connectivity index (χ4n) is 1.69. The second kappa shape index (κ2) is 5.45. The highest BCUT2D eigenvalue weighted by Crippen LogP contribution is 2.08. The summed E-state index contributed by atoms with van der Waals surface area (Å²) >= 11 is 0. The van der Waals surface area contributed by atoms with Gasteiger partial charge in [-0.2, -0.15) is 0 Å². The predicted molar refractivity (Wildman–Crippen MR) is 67.7 cm³/mol. The van der Waals surface area contributed by atoms with E-state index in [4.69, 9.17) is 10.8 Å². The number of nitrogens with zero attached hydrogens (tertiary/aromatic N) is 2. The van der Waals surface area contributed by atoms with Gasteiger partial charge in [0, 0.05) is 23.9 Å². The van der Waals surface area contributed by atoms with Crippen molar-refractivity contribution < 1.29 is 14.7 Å². The number of carbonyl (C=O) groups is 2. The minimum Gasteiger partial charge on any atom is -0.480 e. The molecule has 0 amide bonds. The predicted octanol–water partition coefficient (Wildman–Crippen LogP) is 0.526. The van der Waals surface area contributed by atoms with Gasteiger partial charge in [-0.05, 0) is 12.1 Å². The number of aromatic nitrogens is 2. The average molecular weight is 259 g/mol. The molecule has 3 N–H and O–H groups in total. The Morgan fingerprint density at radius 3 is 2.63 bits per heavy atom. The highest BCUT2D eigenvalue weighted by atomic mass is 16.4. The number of carboxylic acid groups (broad SMARTS) is 1. The molecule has 0 bridgehead atoms. The van der Waals surface area contributed by atoms with Crippen LogP contribution in [0, 0.1) is 0 Å². The SMILES string of the molecule is N[C@H](Cc1cncn1C(=O)c1ccccc1)C(=O)O. The molecule has 6 heteroatoms. The molecule has 1 atom stereocenters. The Kier molecular flexibility index (Phi) is 3.72. The van der Waals surface area contributed by atoms with Gasteiger partial charge in [-0.1, -0.05) is 18.2 Å². The fraction of sp³-hybridized carbons (Fsp3) is 0.154. The number of aliphatic carboxylic acids is 1. The number of rotatable bonds is 4. The second-order valence-corrected chi connectivity index (χ2v) is 4.08. The quantitative estimate of drug-likeness (QED) is 0.834. The van der Waals surface area contributed by atoms with Crippen LogP contribution in [0.2, 0.25) is 0 Å². The van der Waals surface area contributed by atoms with E-state index in [9.17, 15) is 9.59 Å². The van der Waals surface area contributed by atoms with Crippen molar-refractivity contribution in [2.24, 2.45) is 5.73 Å². The molecule has 2 aromatic rings. The maximum absolute atomic E-state index is 12.2. The summed E-state index contributed by atoms with van der Waals surface area (Å²) in [6.07, 6.45) is 2.86. The largest absolute Gasteiger partial charge is 0.480 e. The van der Waals surface area contributed by atoms with E-state index in [2.05, 4.69) is 4.98 Å². The zero-order chi connectivity index (χ0) is 13.8. The number of carbonyl (C=O) groups excluding carboxylic acids is 1. The van der Waals surface area contributed by atoms with Crippen molar-refractivity contribution in [2.45, 2.75) is 12.5 Å². The van der Waals surface area contributed by atoms with Crippen LogP contribution in [0.3, 0.4) is 0 Å². The molecular weight excluding hydrogens is 246 g/mol. The van der Waals surface area contributed by atoms with Gasteiger partial charge in [0.2, 0.25) is 0 Å². The Morgan fingerprint density at radius 2 is 2.00 bits per heavy atom. The maximum Gasteiger partial charge on any atom is 0.320 e. The lowest BCUT2D eigenvalue weighted by Crippen LogP contribution is -2.33. The number of imidazole rings is 1. The topological polar surface area (TPSA) is 98.2 Å². The van der Waals surface area contributed by atoms with Crippen LogP contribution in [0.4, 0.5) is 0 Å². The Bertz CT molecular complexity index is 592. The molecule has 1 aromatic carbocycles. The third-order valence-electron chi connectivity index (χ3n) is 2.70. The van der Waals surface area contributed by atoms with Gasteiger partial charge in [-0.25, -0.2) is 4.98 Å². The Balaban J connectivity index is 2.25. The molecule has 0 aliphatic heterocycles. The third-order valence-corrected chi connectivity index (χ3v) is 2.70. The molecule has 19 heavy (non-hydrogen) atoms. The van der Waals surface area contributed by atoms with Crippen LogP contribution in [0.1, 0.15) is 16.1 Å². The summed E-state index contributed by atoms with van der Waals surface area (Å²) in [4.78, 5) is 26.8. The number of benzene rings is 1. The molecule has 0 spiro atoms. The van der Waals surface area contributed by atoms with E-state index in [-0.39, 0.29) is 12.3 Å². The van der Waals surface area contributed by atoms with E-state index in [0.29, 0.717) is 11.3 Å². The first kappa shape index (κ1) is 13.0. The standard InChI is InChI=1S/C13H13N3O3/c14-11(13(18)19)6-10-7-15-8-16(10)12(17)9-4-2-1-3-5-9/h1-5,7-8,11H,6,14H2,(H,18,19)/t11-/m1/s1. The average Bonchev–Trinajstić information content (AvgIpc) is 2.87. The van der Waals surface area contributed by atoms with E-state index in [1.807, 2.05) is 6.07 Å². The molecule has 0 aliphatic carbocycles. The van der Waals surface area contributed by atoms with Gasteiger partial charge in [0.05, 0.1) is 0 Å². The lowest BCUT2D eigenvalue weighted by atomic mass is 10.1. The van der Waals surface area contributed by atoms with Crippen LogP contribution in [0.25, 0.3) is 0 Å². The summed E-state index contributed by atoms with van der Waals surface area (Å²) in [6.45, 7) is 0. The monoisotopic (exact) mass is 259 g/mol. The first-order valence-corrected chi connectivity index (χ1v) is 5.69. The van der Waals surface area contributed by atoms with Crippen molar-refractivity contribution in [3.63, 3.8) is 0 Å². The minimum atomic E-state index is -1.11. The van der Waals surface area contributed by atoms with Gasteiger partial charge in [0.15, 0.2) is 0 Å². The van der Waals surface area contributed by atoms with E-state index in [1.165, 1.54) is 17.1 Å². The van der Waals surface area contributed by atoms with Crippen LogP contribution >= 0.6 is 0 Å². The summed E-state index contributed by atoms with van der Waals surface area (Å²) < 4.78 is 1.32. The van der Waals surface area contributed by atoms with Crippen LogP contribution in [-0.2, 0) is 11.2 Å². The zero-order valence-corrected chi connectivity index (χ0v) is 10.1. The highest BCUT2D eigenvalue weighted by molar-refractivity contribution is 5.96. The molecular formula is C13H13N3O3. The highest BCUT2D eigenvalue weighted by Gasteiger charge is 2.18. The number of hydrogen-bond acceptors (Lipinski definition) is 4. The van der Waals surface area contributed by atoms with E-state index >= 15 is 0 Å². The summed E-state index contributed by atoms with van der Waals surface area (Å²) in [6, 6.07) is 7.64. The molecule has 6 nitrogen and oxygen atoms in total. The summed E-state index contributed by atoms with van der Waals surface area (Å²) in [5, 5.41) is 8.79. The van der Waals surface area contributed by atoms with Crippen LogP contribution < -0.4 is 5.73 Å². The molecule has 0 unspecified atom stereocenters. The maximum atomic E-state index is 12.2. The van der Waals surface area contributed by atoms with Gasteiger partial charge < -0.3 is 10.8 Å². The smallest absolute Gasteiger partial charge is 0.320 e. The van der Waals surface area contributed by atoms with Crippen molar-refractivity contribution in [3.05, 3.63) is 54.1 Å². The van der Waals surface area contributed by atoms with Crippen molar-refractivity contribution in [3.8, 4) is 0 Å². The van der Waals surface area contributed by atoms with Crippen molar-refractivity contribution in [1.29, 1.82) is 0 Å². The van der Waals surface area contributed by atoms with E-state index in [0.717, 1.165) is 0 Å². The molecule has 0 saturated heterocycles. The van der Waals surface area contributed by atoms with Crippen molar-refractivity contribution in [2.75, 3.05) is 0 Å². The minimum absolute atomic E-state index is 0.0495. The van der Waals surface area contributed by atoms with Crippen LogP contribution in [0.5, 0.6) is 0 Å². The molecule has 0 radical (unpaired) electrons. The fourth-order valence-corrected chi connectivity index (χ4v) is 1.69. The Morgan fingerprint density at radius 1 is 1.32 bits per heavy atom. The number of carboxylic acids is 1. The Hall–Kier alpha value is -2.47. The van der Waals surface area contributed by atoms with Crippen molar-refractivity contribution >= 4 is 11.9 Å². The zero-order valence-electron chi connectivity index (χ0n) is 10.1. The molecule has 0 aliphatic rings. The van der Waals surface area contributed by atoms with E-state index in [1.54, 1.807) is 24.3 Å². The molecule has 1 aromatic heterocycles. The number of nitrogens with two attached hydrogens (primary N) is 1. The van der Waals surface area contributed by atoms with Gasteiger partial charge in [-0.15, -0.1) is 0 Å². The third kappa shape index (κ3) is 2.86. The lowest BCUT2D eigenvalue weighted by molar-refractivity contribution is -0.138. The second-order valence-electron chi connectivity index (χ2n) is 4.08. The first-order valence-electron chi connectivity index (χ1n) is 5.69. The summed E-state index contributed by atoms with van der Waals surface area (Å²) in [7, 11) is 0. The summed E-state index contributed by atoms with van der Waals surface area (Å²) in [5.41, 5.74) is 6.44. The van der Waals surface area contributed by atoms with Crippen LogP contribution in [0.15, 0.2) is 42.9 Å². The normalized spacial score (nSPS) is 12.1. The van der Waals surface area contributed by atoms with Gasteiger partial charge in [0.25, 0.3) is 5.91 Å². The summed E-state index contributed by atoms with van der Waals surface area (Å²) in [5.74, 6) is -1.37. The Labute approximate surface area is 109 Å². The van der Waals surface area contributed by atoms with Crippen LogP contribution in [-0.4, -0.2) is 32.6 Å². The molecule has 0 saturated carbocycles. The number of hydrogen-bond donors (Lipinski definition) is 2. The van der Waals surface area contributed by atoms with Gasteiger partial charge in [-0.3, -0.25) is 14.2 Å². The molecule has 98 valence electrons.